The Hall–Kier alpha value is -1.27. The van der Waals surface area contributed by atoms with E-state index in [0.717, 1.165) is 31.9 Å². The molecule has 0 aliphatic rings. The monoisotopic (exact) mass is 412 g/mol. The Labute approximate surface area is 142 Å². The Bertz CT molecular complexity index is 813. The Morgan fingerprint density at radius 1 is 1.24 bits per heavy atom. The molecule has 3 nitrogen and oxygen atoms in total. The first-order valence-electron chi connectivity index (χ1n) is 6.52. The van der Waals surface area contributed by atoms with Crippen LogP contribution in [0.1, 0.15) is 11.4 Å². The van der Waals surface area contributed by atoms with Crippen molar-refractivity contribution >= 4 is 45.2 Å². The molecular formula is C16H14ClIN2O. The van der Waals surface area contributed by atoms with Gasteiger partial charge in [0.25, 0.3) is 0 Å². The van der Waals surface area contributed by atoms with Crippen LogP contribution in [0.3, 0.4) is 0 Å². The van der Waals surface area contributed by atoms with Gasteiger partial charge in [-0.3, -0.25) is 4.57 Å². The maximum Gasteiger partial charge on any atom is 0.142 e. The molecule has 1 aromatic heterocycles. The molecule has 0 spiro atoms. The molecule has 0 N–H and O–H groups in total. The molecule has 5 heteroatoms. The predicted octanol–water partition coefficient (Wildman–Crippen LogP) is 4.69. The first-order valence-corrected chi connectivity index (χ1v) is 8.13. The summed E-state index contributed by atoms with van der Waals surface area (Å²) in [5, 5.41) is 0. The highest BCUT2D eigenvalue weighted by Crippen LogP contribution is 2.30. The van der Waals surface area contributed by atoms with E-state index in [0.29, 0.717) is 5.88 Å². The minimum atomic E-state index is 0.350. The molecule has 3 rings (SSSR count). The number of hydrogen-bond donors (Lipinski definition) is 0. The molecule has 1 heterocycles. The fraction of sp³-hybridized carbons (Fsp3) is 0.188. The van der Waals surface area contributed by atoms with E-state index in [-0.39, 0.29) is 0 Å². The number of aromatic nitrogens is 2. The summed E-state index contributed by atoms with van der Waals surface area (Å²) in [7, 11) is 1.68. The van der Waals surface area contributed by atoms with Gasteiger partial charge in [-0.1, -0.05) is 6.07 Å². The standard InChI is InChI=1S/C16H14ClIN2O/c1-10-3-6-15(21-2)14(7-10)20-13-5-4-11(18)8-12(13)19-16(20)9-17/h3-8H,9H2,1-2H3. The number of alkyl halides is 1. The average Bonchev–Trinajstić information content (AvgIpc) is 2.84. The summed E-state index contributed by atoms with van der Waals surface area (Å²) in [5.74, 6) is 1.98. The number of ether oxygens (including phenoxy) is 1. The minimum Gasteiger partial charge on any atom is -0.495 e. The molecule has 108 valence electrons. The zero-order chi connectivity index (χ0) is 15.0. The zero-order valence-electron chi connectivity index (χ0n) is 11.7. The number of aryl methyl sites for hydroxylation is 1. The predicted molar refractivity (Wildman–Crippen MR) is 94.6 cm³/mol. The molecule has 0 aliphatic carbocycles. The lowest BCUT2D eigenvalue weighted by atomic mass is 10.2. The van der Waals surface area contributed by atoms with E-state index in [4.69, 9.17) is 16.3 Å². The molecule has 0 bridgehead atoms. The van der Waals surface area contributed by atoms with Crippen LogP contribution in [0, 0.1) is 10.5 Å². The number of rotatable bonds is 3. The Kier molecular flexibility index (Phi) is 4.08. The highest BCUT2D eigenvalue weighted by molar-refractivity contribution is 14.1. The van der Waals surface area contributed by atoms with Crippen molar-refractivity contribution in [3.05, 3.63) is 51.4 Å². The Morgan fingerprint density at radius 3 is 2.76 bits per heavy atom. The summed E-state index contributed by atoms with van der Waals surface area (Å²) < 4.78 is 8.73. The van der Waals surface area contributed by atoms with Gasteiger partial charge in [0.05, 0.1) is 29.7 Å². The Morgan fingerprint density at radius 2 is 2.05 bits per heavy atom. The maximum atomic E-state index is 6.10. The van der Waals surface area contributed by atoms with Gasteiger partial charge in [0.1, 0.15) is 11.6 Å². The maximum absolute atomic E-state index is 6.10. The summed E-state index contributed by atoms with van der Waals surface area (Å²) in [5.41, 5.74) is 4.12. The second kappa shape index (κ2) is 5.85. The largest absolute Gasteiger partial charge is 0.495 e. The van der Waals surface area contributed by atoms with Crippen molar-refractivity contribution in [2.75, 3.05) is 7.11 Å². The van der Waals surface area contributed by atoms with Crippen molar-refractivity contribution in [2.24, 2.45) is 0 Å². The summed E-state index contributed by atoms with van der Waals surface area (Å²) >= 11 is 8.39. The highest BCUT2D eigenvalue weighted by Gasteiger charge is 2.15. The van der Waals surface area contributed by atoms with Crippen LogP contribution in [0.25, 0.3) is 16.7 Å². The minimum absolute atomic E-state index is 0.350. The first-order chi connectivity index (χ1) is 10.1. The number of hydrogen-bond acceptors (Lipinski definition) is 2. The molecule has 2 aromatic carbocycles. The van der Waals surface area contributed by atoms with Crippen molar-refractivity contribution in [3.8, 4) is 11.4 Å². The lowest BCUT2D eigenvalue weighted by Gasteiger charge is -2.13. The van der Waals surface area contributed by atoms with E-state index in [9.17, 15) is 0 Å². The SMILES string of the molecule is COc1ccc(C)cc1-n1c(CCl)nc2cc(I)ccc21. The lowest BCUT2D eigenvalue weighted by molar-refractivity contribution is 0.413. The zero-order valence-corrected chi connectivity index (χ0v) is 14.6. The van der Waals surface area contributed by atoms with Gasteiger partial charge in [-0.2, -0.15) is 0 Å². The van der Waals surface area contributed by atoms with Crippen LogP contribution in [-0.4, -0.2) is 16.7 Å². The highest BCUT2D eigenvalue weighted by atomic mass is 127. The number of benzene rings is 2. The van der Waals surface area contributed by atoms with Crippen LogP contribution in [0.15, 0.2) is 36.4 Å². The molecule has 0 atom stereocenters. The van der Waals surface area contributed by atoms with Crippen molar-refractivity contribution < 1.29 is 4.74 Å². The third-order valence-corrected chi connectivity index (χ3v) is 4.29. The smallest absolute Gasteiger partial charge is 0.142 e. The summed E-state index contributed by atoms with van der Waals surface area (Å²) in [6.45, 7) is 2.06. The Balaban J connectivity index is 2.36. The van der Waals surface area contributed by atoms with Crippen LogP contribution >= 0.6 is 34.2 Å². The van der Waals surface area contributed by atoms with Gasteiger partial charge in [-0.15, -0.1) is 11.6 Å². The number of nitrogens with zero attached hydrogens (tertiary/aromatic N) is 2. The van der Waals surface area contributed by atoms with E-state index < -0.39 is 0 Å². The van der Waals surface area contributed by atoms with Crippen LogP contribution in [-0.2, 0) is 5.88 Å². The second-order valence-electron chi connectivity index (χ2n) is 4.81. The number of methoxy groups -OCH3 is 1. The molecule has 0 aliphatic heterocycles. The van der Waals surface area contributed by atoms with Crippen molar-refractivity contribution in [1.82, 2.24) is 9.55 Å². The van der Waals surface area contributed by atoms with E-state index >= 15 is 0 Å². The number of halogens is 2. The molecule has 3 aromatic rings. The van der Waals surface area contributed by atoms with Crippen molar-refractivity contribution in [1.29, 1.82) is 0 Å². The molecular weight excluding hydrogens is 399 g/mol. The molecule has 0 amide bonds. The van der Waals surface area contributed by atoms with Crippen LogP contribution in [0.5, 0.6) is 5.75 Å². The van der Waals surface area contributed by atoms with Gasteiger partial charge >= 0.3 is 0 Å². The number of fused-ring (bicyclic) bond motifs is 1. The van der Waals surface area contributed by atoms with Gasteiger partial charge < -0.3 is 4.74 Å². The van der Waals surface area contributed by atoms with Gasteiger partial charge in [-0.25, -0.2) is 4.98 Å². The second-order valence-corrected chi connectivity index (χ2v) is 6.32. The summed E-state index contributed by atoms with van der Waals surface area (Å²) in [4.78, 5) is 4.64. The molecule has 0 fully saturated rings. The van der Waals surface area contributed by atoms with Crippen LogP contribution in [0.4, 0.5) is 0 Å². The van der Waals surface area contributed by atoms with Crippen molar-refractivity contribution in [2.45, 2.75) is 12.8 Å². The normalized spacial score (nSPS) is 11.0. The molecule has 0 radical (unpaired) electrons. The average molecular weight is 413 g/mol. The number of imidazole rings is 1. The van der Waals surface area contributed by atoms with Crippen LogP contribution in [0.2, 0.25) is 0 Å². The summed E-state index contributed by atoms with van der Waals surface area (Å²) in [6.07, 6.45) is 0. The van der Waals surface area contributed by atoms with E-state index in [2.05, 4.69) is 63.3 Å². The quantitative estimate of drug-likeness (QED) is 0.461. The van der Waals surface area contributed by atoms with E-state index in [1.807, 2.05) is 12.1 Å². The molecule has 0 saturated heterocycles. The third kappa shape index (κ3) is 2.62. The fourth-order valence-electron chi connectivity index (χ4n) is 2.44. The van der Waals surface area contributed by atoms with Gasteiger partial charge in [0.2, 0.25) is 0 Å². The molecule has 0 saturated carbocycles. The first kappa shape index (κ1) is 14.7. The fourth-order valence-corrected chi connectivity index (χ4v) is 3.09. The molecule has 0 unspecified atom stereocenters. The van der Waals surface area contributed by atoms with E-state index in [1.54, 1.807) is 7.11 Å². The van der Waals surface area contributed by atoms with Gasteiger partial charge in [0, 0.05) is 3.57 Å². The van der Waals surface area contributed by atoms with Crippen LogP contribution < -0.4 is 4.74 Å². The van der Waals surface area contributed by atoms with Gasteiger partial charge in [-0.05, 0) is 65.4 Å². The van der Waals surface area contributed by atoms with Crippen molar-refractivity contribution in [3.63, 3.8) is 0 Å². The van der Waals surface area contributed by atoms with E-state index in [1.165, 1.54) is 5.56 Å². The third-order valence-electron chi connectivity index (χ3n) is 3.38. The van der Waals surface area contributed by atoms with Gasteiger partial charge in [0.15, 0.2) is 0 Å². The topological polar surface area (TPSA) is 27.1 Å². The molecule has 21 heavy (non-hydrogen) atoms. The summed E-state index contributed by atoms with van der Waals surface area (Å²) in [6, 6.07) is 12.3. The lowest BCUT2D eigenvalue weighted by Crippen LogP contribution is -2.02.